The lowest BCUT2D eigenvalue weighted by Gasteiger charge is -2.09. The predicted octanol–water partition coefficient (Wildman–Crippen LogP) is -0.318. The highest BCUT2D eigenvalue weighted by Crippen LogP contribution is 2.14. The molecule has 1 N–H and O–H groups in total. The molecule has 8 heteroatoms. The average molecular weight is 204 g/mol. The Bertz CT molecular complexity index is 269. The molecule has 5 nitrogen and oxygen atoms in total. The van der Waals surface area contributed by atoms with Gasteiger partial charge in [0, 0.05) is 0 Å². The van der Waals surface area contributed by atoms with Gasteiger partial charge in [0.05, 0.1) is 6.26 Å². The van der Waals surface area contributed by atoms with Crippen molar-refractivity contribution in [2.45, 2.75) is 5.92 Å². The quantitative estimate of drug-likeness (QED) is 0.635. The van der Waals surface area contributed by atoms with Crippen LogP contribution in [-0.4, -0.2) is 38.3 Å². The summed E-state index contributed by atoms with van der Waals surface area (Å²) in [5, 5.41) is 7.81. The Morgan fingerprint density at radius 3 is 2.25 bits per heavy atom. The van der Waals surface area contributed by atoms with Gasteiger partial charge in [0.15, 0.2) is 0 Å². The van der Waals surface area contributed by atoms with Crippen molar-refractivity contribution in [2.24, 2.45) is 0 Å². The lowest BCUT2D eigenvalue weighted by atomic mass is 10.4. The molecule has 0 aliphatic carbocycles. The van der Waals surface area contributed by atoms with Crippen LogP contribution in [0.3, 0.4) is 0 Å². The van der Waals surface area contributed by atoms with Crippen LogP contribution in [0.1, 0.15) is 0 Å². The minimum atomic E-state index is -4.18. The van der Waals surface area contributed by atoms with Gasteiger partial charge in [0.25, 0.3) is 10.1 Å². The van der Waals surface area contributed by atoms with Crippen molar-refractivity contribution in [2.75, 3.05) is 12.9 Å². The second kappa shape index (κ2) is 3.31. The fourth-order valence-electron chi connectivity index (χ4n) is 0.243. The highest BCUT2D eigenvalue weighted by molar-refractivity contribution is 7.85. The highest BCUT2D eigenvalue weighted by Gasteiger charge is 2.40. The molecule has 0 fully saturated rings. The van der Waals surface area contributed by atoms with E-state index in [1.54, 1.807) is 0 Å². The molecule has 72 valence electrons. The van der Waals surface area contributed by atoms with Gasteiger partial charge in [-0.15, -0.1) is 0 Å². The molecule has 0 bridgehead atoms. The summed E-state index contributed by atoms with van der Waals surface area (Å²) in [6.07, 6.45) is 0.547. The van der Waals surface area contributed by atoms with E-state index in [1.807, 2.05) is 0 Å². The molecule has 0 rings (SSSR count). The lowest BCUT2D eigenvalue weighted by molar-refractivity contribution is -0.168. The fraction of sp³-hybridized carbons (Fsp3) is 0.750. The summed E-state index contributed by atoms with van der Waals surface area (Å²) in [5.74, 6) is -6.60. The first kappa shape index (κ1) is 11.2. The third-order valence-electron chi connectivity index (χ3n) is 0.767. The molecule has 0 heterocycles. The van der Waals surface area contributed by atoms with Gasteiger partial charge in [-0.25, -0.2) is 4.79 Å². The molecule has 0 aliphatic heterocycles. The summed E-state index contributed by atoms with van der Waals surface area (Å²) < 4.78 is 48.1. The van der Waals surface area contributed by atoms with Gasteiger partial charge in [-0.1, -0.05) is 0 Å². The van der Waals surface area contributed by atoms with Crippen molar-refractivity contribution >= 4 is 16.1 Å². The second-order valence-corrected chi connectivity index (χ2v) is 3.62. The van der Waals surface area contributed by atoms with Gasteiger partial charge in [-0.05, 0) is 0 Å². The van der Waals surface area contributed by atoms with Gasteiger partial charge in [0.1, 0.15) is 6.61 Å². The molecule has 0 saturated carbocycles. The number of carbonyl (C=O) groups is 1. The number of rotatable bonds is 4. The Hall–Kier alpha value is -0.760. The molecular weight excluding hydrogens is 198 g/mol. The average Bonchev–Trinajstić information content (AvgIpc) is 1.82. The van der Waals surface area contributed by atoms with Crippen molar-refractivity contribution in [3.8, 4) is 0 Å². The van der Waals surface area contributed by atoms with Crippen LogP contribution in [-0.2, 0) is 19.1 Å². The maximum atomic E-state index is 12.1. The zero-order valence-corrected chi connectivity index (χ0v) is 6.77. The van der Waals surface area contributed by atoms with Gasteiger partial charge in [-0.3, -0.25) is 4.18 Å². The van der Waals surface area contributed by atoms with E-state index in [0.717, 1.165) is 0 Å². The van der Waals surface area contributed by atoms with E-state index in [2.05, 4.69) is 4.18 Å². The van der Waals surface area contributed by atoms with Crippen molar-refractivity contribution in [1.82, 2.24) is 0 Å². The zero-order chi connectivity index (χ0) is 9.99. The molecule has 0 radical (unpaired) electrons. The Morgan fingerprint density at radius 2 is 2.00 bits per heavy atom. The first-order valence-electron chi connectivity index (χ1n) is 2.61. The van der Waals surface area contributed by atoms with Crippen LogP contribution in [0.25, 0.3) is 0 Å². The van der Waals surface area contributed by atoms with Gasteiger partial charge < -0.3 is 5.11 Å². The smallest absolute Gasteiger partial charge is 0.377 e. The van der Waals surface area contributed by atoms with Crippen molar-refractivity contribution < 1.29 is 31.3 Å². The Morgan fingerprint density at radius 1 is 1.58 bits per heavy atom. The molecule has 0 unspecified atom stereocenters. The monoisotopic (exact) mass is 204 g/mol. The summed E-state index contributed by atoms with van der Waals surface area (Å²) >= 11 is 0. The Balaban J connectivity index is 4.20. The molecular formula is C4H6F2O5S. The van der Waals surface area contributed by atoms with Crippen molar-refractivity contribution in [3.63, 3.8) is 0 Å². The van der Waals surface area contributed by atoms with E-state index in [1.165, 1.54) is 0 Å². The van der Waals surface area contributed by atoms with E-state index in [9.17, 15) is 22.0 Å². The molecule has 0 spiro atoms. The molecule has 0 amide bonds. The summed E-state index contributed by atoms with van der Waals surface area (Å²) in [4.78, 5) is 9.71. The van der Waals surface area contributed by atoms with Crippen LogP contribution in [0.15, 0.2) is 0 Å². The third kappa shape index (κ3) is 4.19. The van der Waals surface area contributed by atoms with Crippen LogP contribution < -0.4 is 0 Å². The SMILES string of the molecule is CS(=O)(=O)OCC(F)(F)C(=O)O. The van der Waals surface area contributed by atoms with Crippen molar-refractivity contribution in [3.05, 3.63) is 0 Å². The molecule has 0 atom stereocenters. The van der Waals surface area contributed by atoms with E-state index >= 15 is 0 Å². The summed E-state index contributed by atoms with van der Waals surface area (Å²) in [5.41, 5.74) is 0. The Kier molecular flexibility index (Phi) is 3.10. The standard InChI is InChI=1S/C4H6F2O5S/c1-12(9,10)11-2-4(5,6)3(7)8/h2H2,1H3,(H,7,8). The maximum Gasteiger partial charge on any atom is 0.377 e. The minimum absolute atomic E-state index is 0.547. The lowest BCUT2D eigenvalue weighted by Crippen LogP contribution is -2.34. The van der Waals surface area contributed by atoms with Crippen LogP contribution in [0.4, 0.5) is 8.78 Å². The van der Waals surface area contributed by atoms with Gasteiger partial charge >= 0.3 is 11.9 Å². The van der Waals surface area contributed by atoms with E-state index in [4.69, 9.17) is 5.11 Å². The zero-order valence-electron chi connectivity index (χ0n) is 5.95. The molecule has 0 aromatic rings. The normalized spacial score (nSPS) is 12.9. The van der Waals surface area contributed by atoms with Gasteiger partial charge in [0.2, 0.25) is 0 Å². The molecule has 0 saturated heterocycles. The largest absolute Gasteiger partial charge is 0.477 e. The number of hydrogen-bond donors (Lipinski definition) is 1. The summed E-state index contributed by atoms with van der Waals surface area (Å²) in [7, 11) is -4.03. The number of carboxylic acid groups (broad SMARTS) is 1. The third-order valence-corrected chi connectivity index (χ3v) is 1.31. The summed E-state index contributed by atoms with van der Waals surface area (Å²) in [6.45, 7) is -1.68. The predicted molar refractivity (Wildman–Crippen MR) is 33.4 cm³/mol. The second-order valence-electron chi connectivity index (χ2n) is 1.98. The Labute approximate surface area is 67.1 Å². The molecule has 12 heavy (non-hydrogen) atoms. The summed E-state index contributed by atoms with van der Waals surface area (Å²) in [6, 6.07) is 0. The first-order valence-corrected chi connectivity index (χ1v) is 4.42. The highest BCUT2D eigenvalue weighted by atomic mass is 32.2. The maximum absolute atomic E-state index is 12.1. The molecule has 0 aromatic carbocycles. The van der Waals surface area contributed by atoms with E-state index in [0.29, 0.717) is 6.26 Å². The fourth-order valence-corrected chi connectivity index (χ4v) is 0.605. The van der Waals surface area contributed by atoms with Gasteiger partial charge in [-0.2, -0.15) is 17.2 Å². The molecule has 0 aromatic heterocycles. The van der Waals surface area contributed by atoms with E-state index < -0.39 is 28.6 Å². The first-order chi connectivity index (χ1) is 5.15. The number of alkyl halides is 2. The van der Waals surface area contributed by atoms with Crippen LogP contribution in [0, 0.1) is 0 Å². The van der Waals surface area contributed by atoms with E-state index in [-0.39, 0.29) is 0 Å². The minimum Gasteiger partial charge on any atom is -0.477 e. The van der Waals surface area contributed by atoms with Crippen LogP contribution >= 0.6 is 0 Å². The number of aliphatic carboxylic acids is 1. The topological polar surface area (TPSA) is 80.7 Å². The number of hydrogen-bond acceptors (Lipinski definition) is 4. The van der Waals surface area contributed by atoms with Crippen LogP contribution in [0.5, 0.6) is 0 Å². The van der Waals surface area contributed by atoms with Crippen LogP contribution in [0.2, 0.25) is 0 Å². The molecule has 0 aliphatic rings. The number of halogens is 2. The van der Waals surface area contributed by atoms with Crippen molar-refractivity contribution in [1.29, 1.82) is 0 Å². The number of carboxylic acids is 1.